The third kappa shape index (κ3) is 4.96. The van der Waals surface area contributed by atoms with Gasteiger partial charge in [0.2, 0.25) is 0 Å². The summed E-state index contributed by atoms with van der Waals surface area (Å²) in [5.74, 6) is -2.67. The van der Waals surface area contributed by atoms with E-state index >= 15 is 0 Å². The topological polar surface area (TPSA) is 69.4 Å². The number of rotatable bonds is 4. The first-order valence-electron chi connectivity index (χ1n) is 3.64. The molecule has 84 valence electrons. The lowest BCUT2D eigenvalue weighted by Gasteiger charge is -2.04. The fourth-order valence-electron chi connectivity index (χ4n) is 0.836. The first-order chi connectivity index (χ1) is 6.87. The van der Waals surface area contributed by atoms with Gasteiger partial charge in [0, 0.05) is 4.90 Å². The molecular formula is C7H7F2NO3S2. The molecule has 2 N–H and O–H groups in total. The van der Waals surface area contributed by atoms with Crippen LogP contribution in [0, 0.1) is 0 Å². The molecule has 0 unspecified atom stereocenters. The number of halogens is 2. The maximum Gasteiger partial charge on any atom is 0.380 e. The summed E-state index contributed by atoms with van der Waals surface area (Å²) in [6.07, 6.45) is 0. The fraction of sp³-hybridized carbons (Fsp3) is 0.143. The van der Waals surface area contributed by atoms with E-state index in [9.17, 15) is 17.2 Å². The predicted molar refractivity (Wildman–Crippen MR) is 52.0 cm³/mol. The van der Waals surface area contributed by atoms with Gasteiger partial charge in [-0.15, -0.1) is 0 Å². The van der Waals surface area contributed by atoms with Crippen molar-refractivity contribution >= 4 is 22.1 Å². The van der Waals surface area contributed by atoms with Gasteiger partial charge in [-0.1, -0.05) is 17.8 Å². The van der Waals surface area contributed by atoms with Gasteiger partial charge in [-0.25, -0.2) is 0 Å². The Balaban J connectivity index is 2.83. The molecule has 4 nitrogen and oxygen atoms in total. The van der Waals surface area contributed by atoms with Crippen molar-refractivity contribution in [2.75, 3.05) is 0 Å². The molecule has 0 radical (unpaired) electrons. The van der Waals surface area contributed by atoms with Crippen molar-refractivity contribution in [3.05, 3.63) is 24.3 Å². The van der Waals surface area contributed by atoms with Crippen LogP contribution in [0.15, 0.2) is 29.2 Å². The van der Waals surface area contributed by atoms with Crippen molar-refractivity contribution in [3.63, 3.8) is 0 Å². The van der Waals surface area contributed by atoms with Crippen molar-refractivity contribution in [1.29, 1.82) is 0 Å². The Bertz CT molecular complexity index is 436. The van der Waals surface area contributed by atoms with E-state index in [1.54, 1.807) is 0 Å². The smallest absolute Gasteiger partial charge is 0.371 e. The number of hydrogen-bond acceptors (Lipinski definition) is 4. The lowest BCUT2D eigenvalue weighted by molar-refractivity contribution is 0.252. The number of nitrogens with two attached hydrogens (primary N) is 1. The van der Waals surface area contributed by atoms with E-state index in [1.165, 1.54) is 24.3 Å². The zero-order valence-electron chi connectivity index (χ0n) is 7.26. The number of benzene rings is 1. The fourth-order valence-corrected chi connectivity index (χ4v) is 1.76. The van der Waals surface area contributed by atoms with Crippen molar-refractivity contribution < 1.29 is 21.4 Å². The van der Waals surface area contributed by atoms with Gasteiger partial charge in [-0.05, 0) is 18.2 Å². The zero-order chi connectivity index (χ0) is 11.5. The van der Waals surface area contributed by atoms with Crippen LogP contribution in [-0.4, -0.2) is 14.2 Å². The van der Waals surface area contributed by atoms with E-state index in [2.05, 4.69) is 9.32 Å². The maximum atomic E-state index is 12.0. The number of thioether (sulfide) groups is 1. The molecule has 0 atom stereocenters. The van der Waals surface area contributed by atoms with Crippen LogP contribution < -0.4 is 9.32 Å². The summed E-state index contributed by atoms with van der Waals surface area (Å²) in [5, 5.41) is 4.61. The summed E-state index contributed by atoms with van der Waals surface area (Å²) in [5.41, 5.74) is 0. The van der Waals surface area contributed by atoms with E-state index in [0.29, 0.717) is 0 Å². The van der Waals surface area contributed by atoms with E-state index < -0.39 is 16.1 Å². The van der Waals surface area contributed by atoms with Gasteiger partial charge in [-0.3, -0.25) is 0 Å². The molecule has 8 heteroatoms. The van der Waals surface area contributed by atoms with Crippen LogP contribution in [0.1, 0.15) is 0 Å². The van der Waals surface area contributed by atoms with Gasteiger partial charge in [0.05, 0.1) is 0 Å². The Morgan fingerprint density at radius 2 is 2.07 bits per heavy atom. The second kappa shape index (κ2) is 4.77. The summed E-state index contributed by atoms with van der Waals surface area (Å²) < 4.78 is 49.3. The zero-order valence-corrected chi connectivity index (χ0v) is 8.89. The maximum absolute atomic E-state index is 12.0. The van der Waals surface area contributed by atoms with Crippen LogP contribution in [0.2, 0.25) is 0 Å². The monoisotopic (exact) mass is 255 g/mol. The molecule has 0 fully saturated rings. The highest BCUT2D eigenvalue weighted by Gasteiger charge is 2.08. The summed E-state index contributed by atoms with van der Waals surface area (Å²) >= 11 is 0.290. The van der Waals surface area contributed by atoms with Gasteiger partial charge < -0.3 is 4.18 Å². The van der Waals surface area contributed by atoms with Crippen LogP contribution in [0.4, 0.5) is 8.78 Å². The lowest BCUT2D eigenvalue weighted by atomic mass is 10.3. The van der Waals surface area contributed by atoms with E-state index in [0.717, 1.165) is 0 Å². The van der Waals surface area contributed by atoms with Gasteiger partial charge in [0.1, 0.15) is 5.75 Å². The normalized spacial score (nSPS) is 11.7. The van der Waals surface area contributed by atoms with Crippen LogP contribution >= 0.6 is 11.8 Å². The largest absolute Gasteiger partial charge is 0.380 e. The van der Waals surface area contributed by atoms with Crippen molar-refractivity contribution in [2.45, 2.75) is 10.7 Å². The molecule has 15 heavy (non-hydrogen) atoms. The van der Waals surface area contributed by atoms with Crippen molar-refractivity contribution in [3.8, 4) is 5.75 Å². The highest BCUT2D eigenvalue weighted by Crippen LogP contribution is 2.28. The Kier molecular flexibility index (Phi) is 3.89. The van der Waals surface area contributed by atoms with E-state index in [4.69, 9.17) is 0 Å². The lowest BCUT2D eigenvalue weighted by Crippen LogP contribution is -2.18. The number of hydrogen-bond donors (Lipinski definition) is 1. The average molecular weight is 255 g/mol. The first kappa shape index (κ1) is 12.2. The minimum atomic E-state index is -4.12. The third-order valence-electron chi connectivity index (χ3n) is 1.24. The molecule has 0 saturated heterocycles. The minimum absolute atomic E-state index is 0.0943. The molecule has 1 rings (SSSR count). The molecular weight excluding hydrogens is 248 g/mol. The quantitative estimate of drug-likeness (QED) is 0.829. The van der Waals surface area contributed by atoms with Crippen LogP contribution in [0.5, 0.6) is 5.75 Å². The Morgan fingerprint density at radius 1 is 1.40 bits per heavy atom. The standard InChI is InChI=1S/C7H7F2NO3S2/c8-7(9)14-6-3-1-2-5(4-6)13-15(10,11)12/h1-4,7H,(H2,10,11,12). The second-order valence-corrected chi connectivity index (χ2v) is 4.65. The average Bonchev–Trinajstić information content (AvgIpc) is 1.99. The summed E-state index contributed by atoms with van der Waals surface area (Å²) in [7, 11) is -4.12. The molecule has 0 amide bonds. The molecule has 1 aromatic rings. The van der Waals surface area contributed by atoms with Crippen LogP contribution in [0.3, 0.4) is 0 Å². The Morgan fingerprint density at radius 3 is 2.60 bits per heavy atom. The number of alkyl halides is 2. The van der Waals surface area contributed by atoms with E-state index in [1.807, 2.05) is 0 Å². The second-order valence-electron chi connectivity index (χ2n) is 2.43. The van der Waals surface area contributed by atoms with Crippen molar-refractivity contribution in [2.24, 2.45) is 5.14 Å². The molecule has 0 saturated carbocycles. The third-order valence-corrected chi connectivity index (χ3v) is 2.37. The molecule has 0 aromatic heterocycles. The Hall–Kier alpha value is -0.860. The molecule has 1 aromatic carbocycles. The van der Waals surface area contributed by atoms with Gasteiger partial charge >= 0.3 is 10.3 Å². The highest BCUT2D eigenvalue weighted by atomic mass is 32.2. The SMILES string of the molecule is NS(=O)(=O)Oc1cccc(SC(F)F)c1. The molecule has 0 aliphatic carbocycles. The van der Waals surface area contributed by atoms with E-state index in [-0.39, 0.29) is 22.4 Å². The summed E-state index contributed by atoms with van der Waals surface area (Å²) in [6.45, 7) is 0. The molecule has 0 heterocycles. The van der Waals surface area contributed by atoms with Crippen LogP contribution in [-0.2, 0) is 10.3 Å². The van der Waals surface area contributed by atoms with Crippen LogP contribution in [0.25, 0.3) is 0 Å². The molecule has 0 spiro atoms. The van der Waals surface area contributed by atoms with Gasteiger partial charge in [-0.2, -0.15) is 22.3 Å². The van der Waals surface area contributed by atoms with Gasteiger partial charge in [0.15, 0.2) is 0 Å². The summed E-state index contributed by atoms with van der Waals surface area (Å²) in [4.78, 5) is 0.200. The minimum Gasteiger partial charge on any atom is -0.371 e. The Labute approximate surface area is 89.7 Å². The first-order valence-corrected chi connectivity index (χ1v) is 5.99. The van der Waals surface area contributed by atoms with Gasteiger partial charge in [0.25, 0.3) is 5.76 Å². The molecule has 0 aliphatic rings. The highest BCUT2D eigenvalue weighted by molar-refractivity contribution is 7.99. The van der Waals surface area contributed by atoms with Crippen molar-refractivity contribution in [1.82, 2.24) is 0 Å². The molecule has 0 bridgehead atoms. The molecule has 0 aliphatic heterocycles. The summed E-state index contributed by atoms with van der Waals surface area (Å²) in [6, 6.07) is 5.28. The predicted octanol–water partition coefficient (Wildman–Crippen LogP) is 1.58.